The van der Waals surface area contributed by atoms with Crippen LogP contribution in [-0.4, -0.2) is 32.0 Å². The lowest BCUT2D eigenvalue weighted by atomic mass is 10.4. The minimum Gasteiger partial charge on any atom is -0.356 e. The van der Waals surface area contributed by atoms with Gasteiger partial charge in [-0.25, -0.2) is 13.1 Å². The Bertz CT molecular complexity index is 531. The van der Waals surface area contributed by atoms with Crippen molar-refractivity contribution in [2.75, 3.05) is 13.1 Å². The van der Waals surface area contributed by atoms with Gasteiger partial charge in [0, 0.05) is 38.4 Å². The number of hydrogen-bond acceptors (Lipinski definition) is 3. The molecule has 7 heteroatoms. The standard InChI is InChI=1S/C11H17N3O3S/c1-14-7-4-10(8-14)18(16,17)13-6-5-12-11(15)9-2-3-9/h4,7-9,13H,2-3,5-6H2,1H3,(H,12,15). The number of aryl methyl sites for hydroxylation is 1. The van der Waals surface area contributed by atoms with Crippen LogP contribution in [0.1, 0.15) is 12.8 Å². The molecule has 0 aromatic carbocycles. The third-order valence-electron chi connectivity index (χ3n) is 2.78. The second-order valence-electron chi connectivity index (χ2n) is 4.48. The second kappa shape index (κ2) is 5.11. The van der Waals surface area contributed by atoms with Crippen LogP contribution in [0.15, 0.2) is 23.4 Å². The van der Waals surface area contributed by atoms with Crippen LogP contribution in [0.2, 0.25) is 0 Å². The third kappa shape index (κ3) is 3.33. The molecular weight excluding hydrogens is 254 g/mol. The lowest BCUT2D eigenvalue weighted by molar-refractivity contribution is -0.122. The lowest BCUT2D eigenvalue weighted by Gasteiger charge is -2.06. The predicted molar refractivity (Wildman–Crippen MR) is 66.3 cm³/mol. The van der Waals surface area contributed by atoms with E-state index in [0.717, 1.165) is 12.8 Å². The molecule has 18 heavy (non-hydrogen) atoms. The molecule has 0 radical (unpaired) electrons. The van der Waals surface area contributed by atoms with Crippen LogP contribution >= 0.6 is 0 Å². The molecule has 1 amide bonds. The maximum atomic E-state index is 11.8. The highest BCUT2D eigenvalue weighted by molar-refractivity contribution is 7.89. The molecule has 0 atom stereocenters. The maximum Gasteiger partial charge on any atom is 0.242 e. The zero-order valence-corrected chi connectivity index (χ0v) is 11.0. The van der Waals surface area contributed by atoms with Gasteiger partial charge in [0.05, 0.1) is 4.90 Å². The summed E-state index contributed by atoms with van der Waals surface area (Å²) >= 11 is 0. The van der Waals surface area contributed by atoms with Gasteiger partial charge in [-0.05, 0) is 18.9 Å². The summed E-state index contributed by atoms with van der Waals surface area (Å²) < 4.78 is 27.7. The Kier molecular flexibility index (Phi) is 3.72. The molecule has 6 nitrogen and oxygen atoms in total. The van der Waals surface area contributed by atoms with Gasteiger partial charge in [0.2, 0.25) is 15.9 Å². The molecule has 0 unspecified atom stereocenters. The molecule has 1 aromatic rings. The molecule has 1 fully saturated rings. The van der Waals surface area contributed by atoms with Crippen LogP contribution in [0.25, 0.3) is 0 Å². The molecule has 0 spiro atoms. The van der Waals surface area contributed by atoms with E-state index >= 15 is 0 Å². The number of nitrogens with one attached hydrogen (secondary N) is 2. The molecule has 0 aliphatic heterocycles. The number of aromatic nitrogens is 1. The summed E-state index contributed by atoms with van der Waals surface area (Å²) in [5.41, 5.74) is 0. The first-order valence-corrected chi connectivity index (χ1v) is 7.37. The van der Waals surface area contributed by atoms with Crippen molar-refractivity contribution in [1.82, 2.24) is 14.6 Å². The van der Waals surface area contributed by atoms with Crippen molar-refractivity contribution in [3.63, 3.8) is 0 Å². The van der Waals surface area contributed by atoms with E-state index in [2.05, 4.69) is 10.0 Å². The first kappa shape index (κ1) is 13.1. The number of carbonyl (C=O) groups is 1. The van der Waals surface area contributed by atoms with Crippen LogP contribution in [0.3, 0.4) is 0 Å². The smallest absolute Gasteiger partial charge is 0.242 e. The minimum atomic E-state index is -3.46. The van der Waals surface area contributed by atoms with Crippen molar-refractivity contribution >= 4 is 15.9 Å². The van der Waals surface area contributed by atoms with Crippen molar-refractivity contribution in [3.8, 4) is 0 Å². The highest BCUT2D eigenvalue weighted by Crippen LogP contribution is 2.28. The fourth-order valence-corrected chi connectivity index (χ4v) is 2.66. The van der Waals surface area contributed by atoms with Gasteiger partial charge >= 0.3 is 0 Å². The summed E-state index contributed by atoms with van der Waals surface area (Å²) in [7, 11) is -1.71. The maximum absolute atomic E-state index is 11.8. The van der Waals surface area contributed by atoms with Gasteiger partial charge in [-0.15, -0.1) is 0 Å². The average molecular weight is 271 g/mol. The van der Waals surface area contributed by atoms with Crippen LogP contribution in [-0.2, 0) is 21.9 Å². The Labute approximate surface area is 106 Å². The minimum absolute atomic E-state index is 0.0221. The Hall–Kier alpha value is -1.34. The normalized spacial score (nSPS) is 15.6. The number of nitrogens with zero attached hydrogens (tertiary/aromatic N) is 1. The van der Waals surface area contributed by atoms with Gasteiger partial charge in [0.15, 0.2) is 0 Å². The first-order valence-electron chi connectivity index (χ1n) is 5.88. The summed E-state index contributed by atoms with van der Waals surface area (Å²) in [5.74, 6) is 0.171. The van der Waals surface area contributed by atoms with Crippen LogP contribution in [0, 0.1) is 5.92 Å². The lowest BCUT2D eigenvalue weighted by Crippen LogP contribution is -2.35. The van der Waals surface area contributed by atoms with Crippen molar-refractivity contribution in [3.05, 3.63) is 18.5 Å². The molecule has 1 saturated carbocycles. The molecule has 2 N–H and O–H groups in total. The van der Waals surface area contributed by atoms with E-state index in [9.17, 15) is 13.2 Å². The van der Waals surface area contributed by atoms with E-state index in [1.807, 2.05) is 0 Å². The van der Waals surface area contributed by atoms with E-state index in [-0.39, 0.29) is 23.3 Å². The van der Waals surface area contributed by atoms with Crippen molar-refractivity contribution in [2.24, 2.45) is 13.0 Å². The largest absolute Gasteiger partial charge is 0.356 e. The monoisotopic (exact) mass is 271 g/mol. The number of hydrogen-bond donors (Lipinski definition) is 2. The average Bonchev–Trinajstić information content (AvgIpc) is 3.07. The zero-order chi connectivity index (χ0) is 13.2. The SMILES string of the molecule is Cn1ccc(S(=O)(=O)NCCNC(=O)C2CC2)c1. The number of amides is 1. The quantitative estimate of drug-likeness (QED) is 0.705. The van der Waals surface area contributed by atoms with Gasteiger partial charge in [0.25, 0.3) is 0 Å². The summed E-state index contributed by atoms with van der Waals surface area (Å²) in [6.45, 7) is 0.525. The van der Waals surface area contributed by atoms with Crippen molar-refractivity contribution in [2.45, 2.75) is 17.7 Å². The van der Waals surface area contributed by atoms with Gasteiger partial charge in [0.1, 0.15) is 0 Å². The second-order valence-corrected chi connectivity index (χ2v) is 6.24. The Balaban J connectivity index is 1.76. The summed E-state index contributed by atoms with van der Waals surface area (Å²) in [4.78, 5) is 11.5. The van der Waals surface area contributed by atoms with Gasteiger partial charge in [-0.2, -0.15) is 0 Å². The molecule has 2 rings (SSSR count). The zero-order valence-electron chi connectivity index (χ0n) is 10.2. The fourth-order valence-electron chi connectivity index (χ4n) is 1.58. The Morgan fingerprint density at radius 2 is 2.17 bits per heavy atom. The van der Waals surface area contributed by atoms with E-state index in [4.69, 9.17) is 0 Å². The Morgan fingerprint density at radius 3 is 2.72 bits per heavy atom. The highest BCUT2D eigenvalue weighted by atomic mass is 32.2. The van der Waals surface area contributed by atoms with E-state index in [1.165, 1.54) is 12.3 Å². The van der Waals surface area contributed by atoms with E-state index in [0.29, 0.717) is 6.54 Å². The van der Waals surface area contributed by atoms with Crippen molar-refractivity contribution in [1.29, 1.82) is 0 Å². The van der Waals surface area contributed by atoms with Gasteiger partial charge < -0.3 is 9.88 Å². The van der Waals surface area contributed by atoms with Crippen LogP contribution < -0.4 is 10.0 Å². The van der Waals surface area contributed by atoms with E-state index < -0.39 is 10.0 Å². The number of rotatable bonds is 6. The molecule has 0 bridgehead atoms. The summed E-state index contributed by atoms with van der Waals surface area (Å²) in [6.07, 6.45) is 5.09. The molecule has 0 saturated heterocycles. The van der Waals surface area contributed by atoms with Crippen LogP contribution in [0.5, 0.6) is 0 Å². The fraction of sp³-hybridized carbons (Fsp3) is 0.545. The highest BCUT2D eigenvalue weighted by Gasteiger charge is 2.29. The summed E-state index contributed by atoms with van der Waals surface area (Å²) in [5, 5.41) is 2.70. The van der Waals surface area contributed by atoms with Crippen molar-refractivity contribution < 1.29 is 13.2 Å². The van der Waals surface area contributed by atoms with Crippen LogP contribution in [0.4, 0.5) is 0 Å². The topological polar surface area (TPSA) is 80.2 Å². The first-order chi connectivity index (χ1) is 8.49. The molecular formula is C11H17N3O3S. The molecule has 1 aliphatic carbocycles. The predicted octanol–water partition coefficient (Wildman–Crippen LogP) is -0.170. The molecule has 1 heterocycles. The number of carbonyl (C=O) groups excluding carboxylic acids is 1. The van der Waals surface area contributed by atoms with E-state index in [1.54, 1.807) is 17.8 Å². The van der Waals surface area contributed by atoms with Gasteiger partial charge in [-0.3, -0.25) is 4.79 Å². The molecule has 100 valence electrons. The van der Waals surface area contributed by atoms with Gasteiger partial charge in [-0.1, -0.05) is 0 Å². The molecule has 1 aliphatic rings. The summed E-state index contributed by atoms with van der Waals surface area (Å²) in [6, 6.07) is 1.53. The number of sulfonamides is 1. The third-order valence-corrected chi connectivity index (χ3v) is 4.23. The Morgan fingerprint density at radius 1 is 1.44 bits per heavy atom. The molecule has 1 aromatic heterocycles.